The van der Waals surface area contributed by atoms with E-state index in [1.165, 1.54) is 42.0 Å². The van der Waals surface area contributed by atoms with E-state index < -0.39 is 35.6 Å². The second-order valence-electron chi connectivity index (χ2n) is 8.68. The minimum absolute atomic E-state index is 0.0834. The molecule has 0 saturated carbocycles. The summed E-state index contributed by atoms with van der Waals surface area (Å²) in [6.07, 6.45) is 0. The van der Waals surface area contributed by atoms with Gasteiger partial charge in [0.05, 0.1) is 18.5 Å². The zero-order valence-corrected chi connectivity index (χ0v) is 18.8. The number of carboxylic acid groups (broad SMARTS) is 1. The Labute approximate surface area is 188 Å². The molecule has 9 heteroatoms. The Balaban J connectivity index is 2.28. The number of methoxy groups -OCH3 is 1. The quantitative estimate of drug-likeness (QED) is 0.515. The molecule has 0 aliphatic carbocycles. The number of rotatable bonds is 6. The summed E-state index contributed by atoms with van der Waals surface area (Å²) in [6.45, 7) is 3.87. The second-order valence-corrected chi connectivity index (χ2v) is 8.68. The van der Waals surface area contributed by atoms with E-state index in [-0.39, 0.29) is 22.6 Å². The SMILES string of the molecule is COc1cc2c(C(C(=O)O)C(C)(C)C)c(C)n(C(=O)c3ccc(OC(F)F)cc3)c2cc1F. The molecule has 0 fully saturated rings. The first-order valence-corrected chi connectivity index (χ1v) is 10.1. The summed E-state index contributed by atoms with van der Waals surface area (Å²) in [5.74, 6) is -3.59. The Kier molecular flexibility index (Phi) is 6.44. The summed E-state index contributed by atoms with van der Waals surface area (Å²) in [7, 11) is 1.29. The molecule has 33 heavy (non-hydrogen) atoms. The lowest BCUT2D eigenvalue weighted by molar-refractivity contribution is -0.141. The minimum atomic E-state index is -3.01. The third kappa shape index (κ3) is 4.53. The van der Waals surface area contributed by atoms with Crippen LogP contribution in [-0.2, 0) is 4.79 Å². The highest BCUT2D eigenvalue weighted by Gasteiger charge is 2.38. The van der Waals surface area contributed by atoms with Crippen LogP contribution >= 0.6 is 0 Å². The van der Waals surface area contributed by atoms with E-state index in [0.29, 0.717) is 16.6 Å². The van der Waals surface area contributed by atoms with Crippen LogP contribution in [0.4, 0.5) is 13.2 Å². The average molecular weight is 463 g/mol. The third-order valence-electron chi connectivity index (χ3n) is 5.46. The van der Waals surface area contributed by atoms with Crippen LogP contribution in [0.2, 0.25) is 0 Å². The van der Waals surface area contributed by atoms with Crippen molar-refractivity contribution < 1.29 is 37.3 Å². The molecule has 1 heterocycles. The van der Waals surface area contributed by atoms with Crippen LogP contribution < -0.4 is 9.47 Å². The van der Waals surface area contributed by atoms with Crippen LogP contribution in [0.15, 0.2) is 36.4 Å². The molecular formula is C24H24F3NO5. The first-order valence-electron chi connectivity index (χ1n) is 10.1. The molecule has 0 aliphatic rings. The summed E-state index contributed by atoms with van der Waals surface area (Å²) in [4.78, 5) is 25.7. The van der Waals surface area contributed by atoms with Crippen molar-refractivity contribution in [3.63, 3.8) is 0 Å². The number of alkyl halides is 2. The van der Waals surface area contributed by atoms with Crippen molar-refractivity contribution in [2.45, 2.75) is 40.2 Å². The Morgan fingerprint density at radius 3 is 2.18 bits per heavy atom. The number of benzene rings is 2. The van der Waals surface area contributed by atoms with E-state index in [0.717, 1.165) is 6.07 Å². The van der Waals surface area contributed by atoms with Crippen molar-refractivity contribution in [2.75, 3.05) is 7.11 Å². The molecule has 1 unspecified atom stereocenters. The van der Waals surface area contributed by atoms with Gasteiger partial charge >= 0.3 is 12.6 Å². The Morgan fingerprint density at radius 2 is 1.70 bits per heavy atom. The number of halogens is 3. The van der Waals surface area contributed by atoms with Gasteiger partial charge in [-0.25, -0.2) is 4.39 Å². The van der Waals surface area contributed by atoms with Crippen LogP contribution in [0, 0.1) is 18.2 Å². The van der Waals surface area contributed by atoms with Gasteiger partial charge in [-0.15, -0.1) is 0 Å². The van der Waals surface area contributed by atoms with Gasteiger partial charge in [-0.3, -0.25) is 14.2 Å². The molecule has 3 rings (SSSR count). The average Bonchev–Trinajstić information content (AvgIpc) is 2.96. The number of ether oxygens (including phenoxy) is 2. The first kappa shape index (κ1) is 24.2. The van der Waals surface area contributed by atoms with Crippen molar-refractivity contribution in [2.24, 2.45) is 5.41 Å². The predicted molar refractivity (Wildman–Crippen MR) is 116 cm³/mol. The molecule has 0 spiro atoms. The molecule has 0 radical (unpaired) electrons. The molecule has 3 aromatic rings. The molecule has 0 saturated heterocycles. The molecule has 0 amide bonds. The van der Waals surface area contributed by atoms with Gasteiger partial charge in [0, 0.05) is 22.7 Å². The van der Waals surface area contributed by atoms with Gasteiger partial charge in [-0.1, -0.05) is 20.8 Å². The van der Waals surface area contributed by atoms with Crippen LogP contribution in [0.1, 0.15) is 48.3 Å². The fourth-order valence-electron chi connectivity index (χ4n) is 4.06. The fourth-order valence-corrected chi connectivity index (χ4v) is 4.06. The number of nitrogens with zero attached hydrogens (tertiary/aromatic N) is 1. The van der Waals surface area contributed by atoms with E-state index in [1.54, 1.807) is 27.7 Å². The summed E-state index contributed by atoms with van der Waals surface area (Å²) in [6, 6.07) is 7.57. The highest BCUT2D eigenvalue weighted by Crippen LogP contribution is 2.43. The lowest BCUT2D eigenvalue weighted by atomic mass is 9.75. The first-order chi connectivity index (χ1) is 15.4. The Hall–Kier alpha value is -3.49. The molecule has 1 aromatic heterocycles. The van der Waals surface area contributed by atoms with E-state index in [1.807, 2.05) is 0 Å². The van der Waals surface area contributed by atoms with Crippen molar-refractivity contribution >= 4 is 22.8 Å². The molecule has 1 atom stereocenters. The van der Waals surface area contributed by atoms with Crippen molar-refractivity contribution in [3.05, 3.63) is 59.0 Å². The minimum Gasteiger partial charge on any atom is -0.494 e. The summed E-state index contributed by atoms with van der Waals surface area (Å²) in [5.41, 5.74) is 0.276. The van der Waals surface area contributed by atoms with Gasteiger partial charge in [-0.05, 0) is 48.2 Å². The summed E-state index contributed by atoms with van der Waals surface area (Å²) in [5, 5.41) is 10.4. The molecule has 0 aliphatic heterocycles. The number of carbonyl (C=O) groups excluding carboxylic acids is 1. The lowest BCUT2D eigenvalue weighted by Gasteiger charge is -2.28. The standard InChI is InChI=1S/C24H24F3NO5/c1-12-19(20(22(30)31)24(2,3)4)15-10-18(32-5)16(25)11-17(15)28(12)21(29)13-6-8-14(9-7-13)33-23(26)27/h6-11,20,23H,1-5H3,(H,30,31). The molecule has 176 valence electrons. The van der Waals surface area contributed by atoms with Gasteiger partial charge < -0.3 is 14.6 Å². The summed E-state index contributed by atoms with van der Waals surface area (Å²) < 4.78 is 50.1. The Morgan fingerprint density at radius 1 is 1.09 bits per heavy atom. The van der Waals surface area contributed by atoms with Crippen molar-refractivity contribution in [1.29, 1.82) is 0 Å². The van der Waals surface area contributed by atoms with Gasteiger partial charge in [-0.2, -0.15) is 8.78 Å². The normalized spacial score (nSPS) is 12.8. The van der Waals surface area contributed by atoms with Crippen LogP contribution in [0.3, 0.4) is 0 Å². The third-order valence-corrected chi connectivity index (χ3v) is 5.46. The lowest BCUT2D eigenvalue weighted by Crippen LogP contribution is -2.27. The van der Waals surface area contributed by atoms with Crippen molar-refractivity contribution in [3.8, 4) is 11.5 Å². The van der Waals surface area contributed by atoms with Crippen LogP contribution in [0.25, 0.3) is 10.9 Å². The second kappa shape index (κ2) is 8.80. The monoisotopic (exact) mass is 463 g/mol. The van der Waals surface area contributed by atoms with Gasteiger partial charge in [0.15, 0.2) is 11.6 Å². The maximum atomic E-state index is 14.6. The molecule has 2 aromatic carbocycles. The number of aliphatic carboxylic acids is 1. The van der Waals surface area contributed by atoms with E-state index >= 15 is 0 Å². The van der Waals surface area contributed by atoms with E-state index in [2.05, 4.69) is 4.74 Å². The number of aromatic nitrogens is 1. The highest BCUT2D eigenvalue weighted by atomic mass is 19.3. The van der Waals surface area contributed by atoms with Crippen molar-refractivity contribution in [1.82, 2.24) is 4.57 Å². The number of hydrogen-bond donors (Lipinski definition) is 1. The summed E-state index contributed by atoms with van der Waals surface area (Å²) >= 11 is 0. The molecule has 0 bridgehead atoms. The van der Waals surface area contributed by atoms with Crippen LogP contribution in [-0.4, -0.2) is 35.3 Å². The van der Waals surface area contributed by atoms with Gasteiger partial charge in [0.25, 0.3) is 5.91 Å². The fraction of sp³-hybridized carbons (Fsp3) is 0.333. The molecule has 6 nitrogen and oxygen atoms in total. The van der Waals surface area contributed by atoms with Gasteiger partial charge in [0.2, 0.25) is 0 Å². The highest BCUT2D eigenvalue weighted by molar-refractivity contribution is 6.05. The number of carbonyl (C=O) groups is 2. The maximum Gasteiger partial charge on any atom is 0.387 e. The largest absolute Gasteiger partial charge is 0.494 e. The van der Waals surface area contributed by atoms with E-state index in [9.17, 15) is 27.9 Å². The number of hydrogen-bond acceptors (Lipinski definition) is 4. The number of carboxylic acids is 1. The maximum absolute atomic E-state index is 14.6. The zero-order valence-electron chi connectivity index (χ0n) is 18.8. The Bertz CT molecular complexity index is 1210. The smallest absolute Gasteiger partial charge is 0.387 e. The van der Waals surface area contributed by atoms with Gasteiger partial charge in [0.1, 0.15) is 5.75 Å². The molecular weight excluding hydrogens is 439 g/mol. The number of fused-ring (bicyclic) bond motifs is 1. The van der Waals surface area contributed by atoms with E-state index in [4.69, 9.17) is 4.74 Å². The predicted octanol–water partition coefficient (Wildman–Crippen LogP) is 5.60. The molecule has 1 N–H and O–H groups in total. The zero-order chi connectivity index (χ0) is 24.7. The van der Waals surface area contributed by atoms with Crippen LogP contribution in [0.5, 0.6) is 11.5 Å². The topological polar surface area (TPSA) is 77.8 Å².